The van der Waals surface area contributed by atoms with E-state index >= 15 is 0 Å². The number of carbonyl (C=O) groups excluding carboxylic acids is 2. The Balaban J connectivity index is 0.00000228. The number of benzene rings is 1. The van der Waals surface area contributed by atoms with Crippen LogP contribution in [0.1, 0.15) is 28.6 Å². The molecule has 3 heterocycles. The number of nitrogens with one attached hydrogen (secondary N) is 2. The third-order valence-corrected chi connectivity index (χ3v) is 7.09. The van der Waals surface area contributed by atoms with E-state index in [1.807, 2.05) is 42.8 Å². The molecule has 0 saturated carbocycles. The monoisotopic (exact) mass is 556 g/mol. The number of nitrogens with zero attached hydrogens (tertiary/aromatic N) is 4. The molecule has 0 fully saturated rings. The fraction of sp³-hybridized carbons (Fsp3) is 0.458. The van der Waals surface area contributed by atoms with E-state index in [0.29, 0.717) is 18.7 Å². The van der Waals surface area contributed by atoms with Crippen molar-refractivity contribution < 1.29 is 14.1 Å². The first-order valence-corrected chi connectivity index (χ1v) is 12.4. The van der Waals surface area contributed by atoms with E-state index in [2.05, 4.69) is 27.2 Å². The number of hydrazine groups is 1. The van der Waals surface area contributed by atoms with Gasteiger partial charge in [-0.2, -0.15) is 0 Å². The highest BCUT2D eigenvalue weighted by atomic mass is 35.5. The van der Waals surface area contributed by atoms with E-state index in [4.69, 9.17) is 4.52 Å². The molecule has 0 aliphatic carbocycles. The summed E-state index contributed by atoms with van der Waals surface area (Å²) in [5.74, 6) is -0.199. The van der Waals surface area contributed by atoms with Crippen molar-refractivity contribution in [2.75, 3.05) is 44.7 Å². The van der Waals surface area contributed by atoms with Crippen LogP contribution in [0.4, 0.5) is 5.69 Å². The number of halogens is 2. The van der Waals surface area contributed by atoms with Crippen LogP contribution < -0.4 is 15.5 Å². The zero-order valence-electron chi connectivity index (χ0n) is 21.0. The van der Waals surface area contributed by atoms with Crippen molar-refractivity contribution in [3.63, 3.8) is 0 Å². The zero-order valence-corrected chi connectivity index (χ0v) is 23.4. The number of likely N-dealkylation sites (N-methyl/N-ethyl adjacent to an activating group) is 2. The molecule has 0 spiro atoms. The van der Waals surface area contributed by atoms with Crippen LogP contribution in [0.5, 0.6) is 0 Å². The molecule has 1 aliphatic heterocycles. The van der Waals surface area contributed by atoms with Crippen LogP contribution in [0.25, 0.3) is 11.0 Å². The van der Waals surface area contributed by atoms with Gasteiger partial charge >= 0.3 is 0 Å². The van der Waals surface area contributed by atoms with Crippen LogP contribution in [0.3, 0.4) is 0 Å². The summed E-state index contributed by atoms with van der Waals surface area (Å²) in [4.78, 5) is 29.2. The van der Waals surface area contributed by atoms with Crippen LogP contribution in [0.15, 0.2) is 28.1 Å². The van der Waals surface area contributed by atoms with Gasteiger partial charge in [-0.3, -0.25) is 14.6 Å². The minimum atomic E-state index is -0.127. The maximum atomic E-state index is 13.3. The van der Waals surface area contributed by atoms with E-state index in [9.17, 15) is 9.59 Å². The number of anilines is 1. The average molecular weight is 558 g/mol. The lowest BCUT2D eigenvalue weighted by molar-refractivity contribution is -0.145. The quantitative estimate of drug-likeness (QED) is 0.370. The van der Waals surface area contributed by atoms with Gasteiger partial charge in [-0.05, 0) is 55.1 Å². The van der Waals surface area contributed by atoms with Crippen molar-refractivity contribution in [1.29, 1.82) is 0 Å². The number of thiophene rings is 1. The first kappa shape index (κ1) is 29.9. The molecule has 36 heavy (non-hydrogen) atoms. The molecule has 3 aromatic rings. The lowest BCUT2D eigenvalue weighted by Gasteiger charge is -2.32. The standard InChI is InChI=1S/C24H32N6O3S.2ClH/c1-5-25-7-8-26-23(31)14-29(20-11-19-17(3)27-33-21(19)10-16(20)2)15-24(32)28(4)30-12-18-6-9-34-22(18)13-30;;/h6,9-11,25H,5,7-8,12-15H2,1-4H3,(H,26,31);2*1H. The van der Waals surface area contributed by atoms with Crippen molar-refractivity contribution in [2.24, 2.45) is 0 Å². The topological polar surface area (TPSA) is 93.9 Å². The van der Waals surface area contributed by atoms with Gasteiger partial charge in [-0.1, -0.05) is 12.1 Å². The number of aromatic nitrogens is 1. The Morgan fingerprint density at radius 3 is 2.67 bits per heavy atom. The number of rotatable bonds is 10. The minimum Gasteiger partial charge on any atom is -0.356 e. The lowest BCUT2D eigenvalue weighted by atomic mass is 10.1. The SMILES string of the molecule is CCNCCNC(=O)CN(CC(=O)N(C)N1Cc2ccsc2C1)c1cc2c(C)noc2cc1C.Cl.Cl. The Morgan fingerprint density at radius 1 is 1.17 bits per heavy atom. The molecule has 0 saturated heterocycles. The Kier molecular flexibility index (Phi) is 11.0. The van der Waals surface area contributed by atoms with Crippen molar-refractivity contribution in [3.8, 4) is 0 Å². The highest BCUT2D eigenvalue weighted by Crippen LogP contribution is 2.30. The molecule has 1 aliphatic rings. The van der Waals surface area contributed by atoms with Gasteiger partial charge in [0.2, 0.25) is 5.91 Å². The van der Waals surface area contributed by atoms with Gasteiger partial charge in [0.1, 0.15) is 0 Å². The van der Waals surface area contributed by atoms with Gasteiger partial charge in [0.15, 0.2) is 5.58 Å². The molecular formula is C24H34Cl2N6O3S. The summed E-state index contributed by atoms with van der Waals surface area (Å²) in [7, 11) is 1.80. The Morgan fingerprint density at radius 2 is 1.94 bits per heavy atom. The molecule has 9 nitrogen and oxygen atoms in total. The molecule has 12 heteroatoms. The summed E-state index contributed by atoms with van der Waals surface area (Å²) < 4.78 is 5.40. The highest BCUT2D eigenvalue weighted by molar-refractivity contribution is 7.10. The molecule has 2 N–H and O–H groups in total. The average Bonchev–Trinajstić information content (AvgIpc) is 3.50. The first-order valence-electron chi connectivity index (χ1n) is 11.5. The van der Waals surface area contributed by atoms with Gasteiger partial charge in [0.05, 0.1) is 25.3 Å². The van der Waals surface area contributed by atoms with Gasteiger partial charge < -0.3 is 20.1 Å². The normalized spacial score (nSPS) is 12.6. The molecule has 1 aromatic carbocycles. The zero-order chi connectivity index (χ0) is 24.2. The minimum absolute atomic E-state index is 0. The van der Waals surface area contributed by atoms with Crippen molar-refractivity contribution in [3.05, 3.63) is 45.3 Å². The van der Waals surface area contributed by atoms with Gasteiger partial charge in [0.25, 0.3) is 5.91 Å². The second-order valence-corrected chi connectivity index (χ2v) is 9.57. The highest BCUT2D eigenvalue weighted by Gasteiger charge is 2.28. The molecule has 0 radical (unpaired) electrons. The second-order valence-electron chi connectivity index (χ2n) is 8.57. The molecule has 0 bridgehead atoms. The van der Waals surface area contributed by atoms with Crippen molar-refractivity contribution >= 4 is 64.6 Å². The smallest absolute Gasteiger partial charge is 0.256 e. The van der Waals surface area contributed by atoms with Crippen LogP contribution in [0, 0.1) is 13.8 Å². The number of hydrogen-bond donors (Lipinski definition) is 2. The summed E-state index contributed by atoms with van der Waals surface area (Å²) in [5, 5.41) is 16.9. The number of aryl methyl sites for hydroxylation is 2. The fourth-order valence-corrected chi connectivity index (χ4v) is 5.06. The summed E-state index contributed by atoms with van der Waals surface area (Å²) in [6.45, 7) is 9.56. The molecule has 0 unspecified atom stereocenters. The molecular weight excluding hydrogens is 523 g/mol. The number of hydrogen-bond acceptors (Lipinski definition) is 8. The summed E-state index contributed by atoms with van der Waals surface area (Å²) in [6.07, 6.45) is 0. The van der Waals surface area contributed by atoms with E-state index < -0.39 is 0 Å². The lowest BCUT2D eigenvalue weighted by Crippen LogP contribution is -2.48. The molecule has 2 aromatic heterocycles. The third-order valence-electron chi connectivity index (χ3n) is 6.15. The predicted octanol–water partition coefficient (Wildman–Crippen LogP) is 3.27. The summed E-state index contributed by atoms with van der Waals surface area (Å²) >= 11 is 1.72. The molecule has 4 rings (SSSR count). The van der Waals surface area contributed by atoms with Crippen LogP contribution >= 0.6 is 36.2 Å². The van der Waals surface area contributed by atoms with Crippen molar-refractivity contribution in [1.82, 2.24) is 25.8 Å². The summed E-state index contributed by atoms with van der Waals surface area (Å²) in [5.41, 5.74) is 4.48. The fourth-order valence-electron chi connectivity index (χ4n) is 4.16. The Bertz CT molecular complexity index is 1160. The maximum Gasteiger partial charge on any atom is 0.256 e. The van der Waals surface area contributed by atoms with E-state index in [-0.39, 0.29) is 49.7 Å². The van der Waals surface area contributed by atoms with Gasteiger partial charge in [0, 0.05) is 42.6 Å². The number of carbonyl (C=O) groups is 2. The third kappa shape index (κ3) is 6.68. The Hall–Kier alpha value is -2.37. The van der Waals surface area contributed by atoms with Gasteiger partial charge in [-0.15, -0.1) is 36.2 Å². The Labute approximate surface area is 227 Å². The largest absolute Gasteiger partial charge is 0.356 e. The molecule has 2 amide bonds. The summed E-state index contributed by atoms with van der Waals surface area (Å²) in [6, 6.07) is 5.98. The predicted molar refractivity (Wildman–Crippen MR) is 148 cm³/mol. The molecule has 0 atom stereocenters. The maximum absolute atomic E-state index is 13.3. The van der Waals surface area contributed by atoms with E-state index in [1.165, 1.54) is 10.4 Å². The van der Waals surface area contributed by atoms with Crippen LogP contribution in [-0.2, 0) is 22.7 Å². The first-order chi connectivity index (χ1) is 16.4. The number of fused-ring (bicyclic) bond motifs is 2. The number of amides is 2. The van der Waals surface area contributed by atoms with E-state index in [0.717, 1.165) is 42.0 Å². The van der Waals surface area contributed by atoms with E-state index in [1.54, 1.807) is 23.4 Å². The molecule has 198 valence electrons. The second kappa shape index (κ2) is 13.3. The van der Waals surface area contributed by atoms with Crippen LogP contribution in [-0.4, -0.2) is 66.8 Å². The van der Waals surface area contributed by atoms with Crippen LogP contribution in [0.2, 0.25) is 0 Å². The van der Waals surface area contributed by atoms with Gasteiger partial charge in [-0.25, -0.2) is 5.01 Å². The van der Waals surface area contributed by atoms with Crippen molar-refractivity contribution in [2.45, 2.75) is 33.9 Å².